The van der Waals surface area contributed by atoms with Gasteiger partial charge in [0.25, 0.3) is 0 Å². The average Bonchev–Trinajstić information content (AvgIpc) is 2.39. The molecule has 0 aliphatic carbocycles. The lowest BCUT2D eigenvalue weighted by atomic mass is 9.99. The van der Waals surface area contributed by atoms with Crippen LogP contribution in [0.4, 0.5) is 0 Å². The van der Waals surface area contributed by atoms with Crippen molar-refractivity contribution in [2.75, 3.05) is 0 Å². The molecule has 0 saturated carbocycles. The van der Waals surface area contributed by atoms with E-state index in [0.717, 1.165) is 17.5 Å². The SMILES string of the molecule is CCc1ccc(C(N)c2cccnc2)cc1.Cl.Cl. The molecule has 0 aliphatic heterocycles. The quantitative estimate of drug-likeness (QED) is 0.936. The zero-order valence-corrected chi connectivity index (χ0v) is 11.9. The minimum atomic E-state index is -0.0837. The van der Waals surface area contributed by atoms with Crippen LogP contribution in [-0.2, 0) is 6.42 Å². The number of hydrogen-bond donors (Lipinski definition) is 1. The maximum Gasteiger partial charge on any atom is 0.0566 e. The second-order valence-corrected chi connectivity index (χ2v) is 3.86. The highest BCUT2D eigenvalue weighted by Crippen LogP contribution is 2.18. The van der Waals surface area contributed by atoms with Crippen LogP contribution in [0.2, 0.25) is 0 Å². The Hall–Kier alpha value is -1.09. The normalized spacial score (nSPS) is 11.0. The molecule has 0 saturated heterocycles. The van der Waals surface area contributed by atoms with Crippen LogP contribution >= 0.6 is 24.8 Å². The Bertz CT molecular complexity index is 443. The molecule has 0 spiro atoms. The Kier molecular flexibility index (Phi) is 7.60. The fraction of sp³-hybridized carbons (Fsp3) is 0.214. The largest absolute Gasteiger partial charge is 0.320 e. The minimum Gasteiger partial charge on any atom is -0.320 e. The van der Waals surface area contributed by atoms with Gasteiger partial charge in [0.2, 0.25) is 0 Å². The van der Waals surface area contributed by atoms with Crippen LogP contribution < -0.4 is 5.73 Å². The van der Waals surface area contributed by atoms with Crippen LogP contribution in [0.15, 0.2) is 48.8 Å². The van der Waals surface area contributed by atoms with E-state index < -0.39 is 0 Å². The summed E-state index contributed by atoms with van der Waals surface area (Å²) in [5, 5.41) is 0. The zero-order chi connectivity index (χ0) is 11.4. The van der Waals surface area contributed by atoms with Gasteiger partial charge in [0, 0.05) is 12.4 Å². The van der Waals surface area contributed by atoms with Crippen molar-refractivity contribution in [2.45, 2.75) is 19.4 Å². The molecule has 2 N–H and O–H groups in total. The number of pyridine rings is 1. The van der Waals surface area contributed by atoms with Crippen LogP contribution in [0.25, 0.3) is 0 Å². The lowest BCUT2D eigenvalue weighted by Crippen LogP contribution is -2.11. The Balaban J connectivity index is 0.00000144. The lowest BCUT2D eigenvalue weighted by Gasteiger charge is -2.12. The van der Waals surface area contributed by atoms with Gasteiger partial charge in [-0.15, -0.1) is 24.8 Å². The molecule has 98 valence electrons. The number of halogens is 2. The Morgan fingerprint density at radius 2 is 1.72 bits per heavy atom. The van der Waals surface area contributed by atoms with E-state index in [9.17, 15) is 0 Å². The van der Waals surface area contributed by atoms with Crippen LogP contribution in [0.1, 0.15) is 29.7 Å². The summed E-state index contributed by atoms with van der Waals surface area (Å²) in [6, 6.07) is 12.3. The molecule has 2 aromatic rings. The molecule has 2 rings (SSSR count). The monoisotopic (exact) mass is 284 g/mol. The number of aromatic nitrogens is 1. The molecule has 0 aliphatic rings. The second kappa shape index (κ2) is 8.09. The van der Waals surface area contributed by atoms with Gasteiger partial charge in [-0.1, -0.05) is 37.3 Å². The summed E-state index contributed by atoms with van der Waals surface area (Å²) in [5.74, 6) is 0. The maximum atomic E-state index is 6.17. The highest BCUT2D eigenvalue weighted by Gasteiger charge is 2.07. The van der Waals surface area contributed by atoms with Crippen molar-refractivity contribution in [3.05, 3.63) is 65.5 Å². The first-order valence-electron chi connectivity index (χ1n) is 5.55. The topological polar surface area (TPSA) is 38.9 Å². The van der Waals surface area contributed by atoms with Gasteiger partial charge < -0.3 is 5.73 Å². The van der Waals surface area contributed by atoms with Gasteiger partial charge >= 0.3 is 0 Å². The number of rotatable bonds is 3. The molecule has 1 aromatic carbocycles. The third-order valence-corrected chi connectivity index (χ3v) is 2.79. The van der Waals surface area contributed by atoms with Gasteiger partial charge in [0.05, 0.1) is 6.04 Å². The molecule has 18 heavy (non-hydrogen) atoms. The van der Waals surface area contributed by atoms with E-state index in [1.54, 1.807) is 6.20 Å². The number of nitrogens with two attached hydrogens (primary N) is 1. The summed E-state index contributed by atoms with van der Waals surface area (Å²) in [4.78, 5) is 4.08. The van der Waals surface area contributed by atoms with Gasteiger partial charge in [-0.05, 0) is 29.2 Å². The van der Waals surface area contributed by atoms with Gasteiger partial charge in [0.15, 0.2) is 0 Å². The summed E-state index contributed by atoms with van der Waals surface area (Å²) in [7, 11) is 0. The maximum absolute atomic E-state index is 6.17. The first-order valence-corrected chi connectivity index (χ1v) is 5.55. The molecular weight excluding hydrogens is 267 g/mol. The van der Waals surface area contributed by atoms with Gasteiger partial charge in [-0.3, -0.25) is 4.98 Å². The van der Waals surface area contributed by atoms with E-state index in [-0.39, 0.29) is 30.9 Å². The van der Waals surface area contributed by atoms with E-state index in [0.29, 0.717) is 0 Å². The molecule has 2 nitrogen and oxygen atoms in total. The van der Waals surface area contributed by atoms with Crippen LogP contribution in [-0.4, -0.2) is 4.98 Å². The number of hydrogen-bond acceptors (Lipinski definition) is 2. The third kappa shape index (κ3) is 3.98. The van der Waals surface area contributed by atoms with Gasteiger partial charge in [-0.2, -0.15) is 0 Å². The standard InChI is InChI=1S/C14H16N2.2ClH/c1-2-11-5-7-12(8-6-11)14(15)13-4-3-9-16-10-13;;/h3-10,14H,2,15H2,1H3;2*1H. The summed E-state index contributed by atoms with van der Waals surface area (Å²) < 4.78 is 0. The fourth-order valence-electron chi connectivity index (χ4n) is 1.71. The second-order valence-electron chi connectivity index (χ2n) is 3.86. The van der Waals surface area contributed by atoms with E-state index in [2.05, 4.69) is 36.2 Å². The van der Waals surface area contributed by atoms with Crippen molar-refractivity contribution in [3.63, 3.8) is 0 Å². The van der Waals surface area contributed by atoms with E-state index >= 15 is 0 Å². The number of aryl methyl sites for hydroxylation is 1. The molecule has 4 heteroatoms. The summed E-state index contributed by atoms with van der Waals surface area (Å²) in [5.41, 5.74) is 9.68. The molecule has 0 radical (unpaired) electrons. The molecule has 1 aromatic heterocycles. The van der Waals surface area contributed by atoms with Crippen LogP contribution in [0.5, 0.6) is 0 Å². The lowest BCUT2D eigenvalue weighted by molar-refractivity contribution is 0.861. The van der Waals surface area contributed by atoms with Crippen LogP contribution in [0.3, 0.4) is 0 Å². The predicted octanol–water partition coefficient (Wildman–Crippen LogP) is 3.54. The van der Waals surface area contributed by atoms with Crippen LogP contribution in [0, 0.1) is 0 Å². The highest BCUT2D eigenvalue weighted by molar-refractivity contribution is 5.85. The molecule has 0 fully saturated rings. The highest BCUT2D eigenvalue weighted by atomic mass is 35.5. The molecule has 1 atom stereocenters. The van der Waals surface area contributed by atoms with Gasteiger partial charge in [0.1, 0.15) is 0 Å². The molecular formula is C14H18Cl2N2. The predicted molar refractivity (Wildman–Crippen MR) is 80.6 cm³/mol. The number of nitrogens with zero attached hydrogens (tertiary/aromatic N) is 1. The number of benzene rings is 1. The summed E-state index contributed by atoms with van der Waals surface area (Å²) >= 11 is 0. The Morgan fingerprint density at radius 3 is 2.22 bits per heavy atom. The van der Waals surface area contributed by atoms with Crippen molar-refractivity contribution in [2.24, 2.45) is 5.73 Å². The average molecular weight is 285 g/mol. The first-order chi connectivity index (χ1) is 7.81. The smallest absolute Gasteiger partial charge is 0.0566 e. The van der Waals surface area contributed by atoms with Gasteiger partial charge in [-0.25, -0.2) is 0 Å². The van der Waals surface area contributed by atoms with E-state index in [1.807, 2.05) is 18.3 Å². The van der Waals surface area contributed by atoms with E-state index in [4.69, 9.17) is 5.73 Å². The molecule has 0 bridgehead atoms. The molecule has 1 unspecified atom stereocenters. The molecule has 0 amide bonds. The zero-order valence-electron chi connectivity index (χ0n) is 10.2. The van der Waals surface area contributed by atoms with Crippen molar-refractivity contribution in [1.29, 1.82) is 0 Å². The summed E-state index contributed by atoms with van der Waals surface area (Å²) in [6.45, 7) is 2.15. The van der Waals surface area contributed by atoms with Crippen molar-refractivity contribution < 1.29 is 0 Å². The summed E-state index contributed by atoms with van der Waals surface area (Å²) in [6.07, 6.45) is 4.64. The third-order valence-electron chi connectivity index (χ3n) is 2.79. The molecule has 1 heterocycles. The van der Waals surface area contributed by atoms with Crippen molar-refractivity contribution in [1.82, 2.24) is 4.98 Å². The Morgan fingerprint density at radius 1 is 1.06 bits per heavy atom. The fourth-order valence-corrected chi connectivity index (χ4v) is 1.71. The first kappa shape index (κ1) is 16.9. The Labute approximate surface area is 120 Å². The minimum absolute atomic E-state index is 0. The van der Waals surface area contributed by atoms with Crippen molar-refractivity contribution in [3.8, 4) is 0 Å². The van der Waals surface area contributed by atoms with E-state index in [1.165, 1.54) is 5.56 Å². The van der Waals surface area contributed by atoms with Crippen molar-refractivity contribution >= 4 is 24.8 Å².